The first-order chi connectivity index (χ1) is 14.2. The second-order valence-electron chi connectivity index (χ2n) is 7.28. The molecule has 2 aromatic heterocycles. The summed E-state index contributed by atoms with van der Waals surface area (Å²) in [5.41, 5.74) is 5.02. The van der Waals surface area contributed by atoms with Gasteiger partial charge in [0.25, 0.3) is 5.91 Å². The van der Waals surface area contributed by atoms with Crippen LogP contribution in [0.25, 0.3) is 21.9 Å². The summed E-state index contributed by atoms with van der Waals surface area (Å²) in [6, 6.07) is 26.0. The van der Waals surface area contributed by atoms with E-state index >= 15 is 0 Å². The molecule has 1 amide bonds. The highest BCUT2D eigenvalue weighted by Gasteiger charge is 2.16. The molecule has 0 saturated heterocycles. The lowest BCUT2D eigenvalue weighted by molar-refractivity contribution is 0.0999. The van der Waals surface area contributed by atoms with Crippen LogP contribution < -0.4 is 5.32 Å². The van der Waals surface area contributed by atoms with Crippen LogP contribution in [-0.4, -0.2) is 10.5 Å². The summed E-state index contributed by atoms with van der Waals surface area (Å²) in [6.45, 7) is 2.82. The van der Waals surface area contributed by atoms with Crippen molar-refractivity contribution in [3.05, 3.63) is 102 Å². The molecule has 0 unspecified atom stereocenters. The van der Waals surface area contributed by atoms with Crippen LogP contribution in [0.4, 0.5) is 5.69 Å². The standard InChI is InChI=1S/C25H20N2O2/c1-17-10-12-18(13-11-17)15-27-16-21(20-7-3-4-8-22(20)27)26-25(28)24-14-19-6-2-5-9-23(19)29-24/h2-14,16H,15H2,1H3,(H,26,28). The molecule has 3 aromatic carbocycles. The second-order valence-corrected chi connectivity index (χ2v) is 7.28. The van der Waals surface area contributed by atoms with Crippen LogP contribution >= 0.6 is 0 Å². The average molecular weight is 380 g/mol. The van der Waals surface area contributed by atoms with E-state index in [1.54, 1.807) is 6.07 Å². The summed E-state index contributed by atoms with van der Waals surface area (Å²) in [7, 11) is 0. The molecule has 0 fully saturated rings. The zero-order valence-electron chi connectivity index (χ0n) is 16.1. The van der Waals surface area contributed by atoms with Crippen LogP contribution in [0.15, 0.2) is 89.5 Å². The number of nitrogens with one attached hydrogen (secondary N) is 1. The maximum Gasteiger partial charge on any atom is 0.291 e. The molecule has 5 rings (SSSR count). The zero-order chi connectivity index (χ0) is 19.8. The number of furan rings is 1. The number of nitrogens with zero attached hydrogens (tertiary/aromatic N) is 1. The van der Waals surface area contributed by atoms with Gasteiger partial charge in [0.1, 0.15) is 5.58 Å². The summed E-state index contributed by atoms with van der Waals surface area (Å²) in [5.74, 6) is 0.0565. The maximum absolute atomic E-state index is 12.8. The van der Waals surface area contributed by atoms with Crippen molar-refractivity contribution in [2.75, 3.05) is 5.32 Å². The molecular weight excluding hydrogens is 360 g/mol. The van der Waals surface area contributed by atoms with Gasteiger partial charge in [0, 0.05) is 23.5 Å². The normalized spacial score (nSPS) is 11.2. The van der Waals surface area contributed by atoms with Crippen molar-refractivity contribution < 1.29 is 9.21 Å². The lowest BCUT2D eigenvalue weighted by Crippen LogP contribution is -2.10. The SMILES string of the molecule is Cc1ccc(Cn2cc(NC(=O)c3cc4ccccc4o3)c3ccccc32)cc1. The Morgan fingerprint density at radius 2 is 1.72 bits per heavy atom. The second kappa shape index (κ2) is 6.99. The van der Waals surface area contributed by atoms with E-state index in [0.29, 0.717) is 11.3 Å². The van der Waals surface area contributed by atoms with E-state index < -0.39 is 0 Å². The number of fused-ring (bicyclic) bond motifs is 2. The van der Waals surface area contributed by atoms with Crippen molar-refractivity contribution in [2.45, 2.75) is 13.5 Å². The number of hydrogen-bond acceptors (Lipinski definition) is 2. The number of benzene rings is 3. The highest BCUT2D eigenvalue weighted by atomic mass is 16.3. The first-order valence-corrected chi connectivity index (χ1v) is 9.61. The van der Waals surface area contributed by atoms with Crippen LogP contribution in [0.2, 0.25) is 0 Å². The summed E-state index contributed by atoms with van der Waals surface area (Å²) >= 11 is 0. The first-order valence-electron chi connectivity index (χ1n) is 9.61. The number of aryl methyl sites for hydroxylation is 1. The minimum absolute atomic E-state index is 0.251. The molecule has 0 aliphatic heterocycles. The first kappa shape index (κ1) is 17.3. The Kier molecular flexibility index (Phi) is 4.17. The van der Waals surface area contributed by atoms with Crippen molar-refractivity contribution in [2.24, 2.45) is 0 Å². The molecule has 0 aliphatic rings. The summed E-state index contributed by atoms with van der Waals surface area (Å²) in [4.78, 5) is 12.8. The van der Waals surface area contributed by atoms with Crippen LogP contribution in [-0.2, 0) is 6.54 Å². The van der Waals surface area contributed by atoms with Gasteiger partial charge >= 0.3 is 0 Å². The van der Waals surface area contributed by atoms with Gasteiger partial charge in [0.2, 0.25) is 0 Å². The van der Waals surface area contributed by atoms with E-state index in [1.807, 2.05) is 48.7 Å². The molecule has 1 N–H and O–H groups in total. The topological polar surface area (TPSA) is 47.2 Å². The highest BCUT2D eigenvalue weighted by Crippen LogP contribution is 2.28. The van der Waals surface area contributed by atoms with Gasteiger partial charge in [-0.1, -0.05) is 66.2 Å². The molecule has 4 heteroatoms. The Morgan fingerprint density at radius 3 is 2.55 bits per heavy atom. The molecule has 0 saturated carbocycles. The summed E-state index contributed by atoms with van der Waals surface area (Å²) in [5, 5.41) is 4.94. The fraction of sp³-hybridized carbons (Fsp3) is 0.0800. The fourth-order valence-corrected chi connectivity index (χ4v) is 3.65. The smallest absolute Gasteiger partial charge is 0.291 e. The van der Waals surface area contributed by atoms with Gasteiger partial charge < -0.3 is 14.3 Å². The third-order valence-corrected chi connectivity index (χ3v) is 5.16. The Hall–Kier alpha value is -3.79. The number of para-hydroxylation sites is 2. The summed E-state index contributed by atoms with van der Waals surface area (Å²) in [6.07, 6.45) is 1.99. The molecule has 0 atom stereocenters. The van der Waals surface area contributed by atoms with Gasteiger partial charge in [0.05, 0.1) is 11.2 Å². The van der Waals surface area contributed by atoms with Crippen molar-refractivity contribution in [1.82, 2.24) is 4.57 Å². The predicted molar refractivity (Wildman–Crippen MR) is 116 cm³/mol. The number of anilines is 1. The third-order valence-electron chi connectivity index (χ3n) is 5.16. The molecule has 142 valence electrons. The van der Waals surface area contributed by atoms with Gasteiger partial charge in [0.15, 0.2) is 5.76 Å². The Labute approximate surface area is 168 Å². The van der Waals surface area contributed by atoms with E-state index in [1.165, 1.54) is 11.1 Å². The van der Waals surface area contributed by atoms with Gasteiger partial charge in [-0.15, -0.1) is 0 Å². The highest BCUT2D eigenvalue weighted by molar-refractivity contribution is 6.09. The Morgan fingerprint density at radius 1 is 0.966 bits per heavy atom. The van der Waals surface area contributed by atoms with Crippen LogP contribution in [0, 0.1) is 6.92 Å². The van der Waals surface area contributed by atoms with Crippen LogP contribution in [0.3, 0.4) is 0 Å². The lowest BCUT2D eigenvalue weighted by Gasteiger charge is -2.05. The van der Waals surface area contributed by atoms with E-state index in [9.17, 15) is 4.79 Å². The van der Waals surface area contributed by atoms with E-state index in [2.05, 4.69) is 47.1 Å². The summed E-state index contributed by atoms with van der Waals surface area (Å²) < 4.78 is 7.87. The molecule has 0 aliphatic carbocycles. The molecule has 0 bridgehead atoms. The predicted octanol–water partition coefficient (Wildman–Crippen LogP) is 6.00. The van der Waals surface area contributed by atoms with E-state index in [4.69, 9.17) is 4.42 Å². The Bertz CT molecular complexity index is 1290. The minimum Gasteiger partial charge on any atom is -0.451 e. The fourth-order valence-electron chi connectivity index (χ4n) is 3.65. The van der Waals surface area contributed by atoms with Crippen molar-refractivity contribution in [3.63, 3.8) is 0 Å². The molecule has 0 spiro atoms. The number of amides is 1. The molecule has 0 radical (unpaired) electrons. The quantitative estimate of drug-likeness (QED) is 0.416. The zero-order valence-corrected chi connectivity index (χ0v) is 16.1. The molecule has 5 aromatic rings. The number of hydrogen-bond donors (Lipinski definition) is 1. The average Bonchev–Trinajstić information content (AvgIpc) is 3.32. The lowest BCUT2D eigenvalue weighted by atomic mass is 10.1. The molecule has 4 nitrogen and oxygen atoms in total. The number of carbonyl (C=O) groups excluding carboxylic acids is 1. The van der Waals surface area contributed by atoms with Gasteiger partial charge in [-0.3, -0.25) is 4.79 Å². The van der Waals surface area contributed by atoms with Gasteiger partial charge in [-0.2, -0.15) is 0 Å². The number of rotatable bonds is 4. The van der Waals surface area contributed by atoms with Crippen LogP contribution in [0.1, 0.15) is 21.7 Å². The molecule has 29 heavy (non-hydrogen) atoms. The monoisotopic (exact) mass is 380 g/mol. The minimum atomic E-state index is -0.251. The number of aromatic nitrogens is 1. The van der Waals surface area contributed by atoms with E-state index in [0.717, 1.165) is 28.5 Å². The molecule has 2 heterocycles. The largest absolute Gasteiger partial charge is 0.451 e. The Balaban J connectivity index is 1.48. The number of carbonyl (C=O) groups is 1. The third kappa shape index (κ3) is 3.29. The van der Waals surface area contributed by atoms with Gasteiger partial charge in [-0.05, 0) is 30.7 Å². The van der Waals surface area contributed by atoms with Gasteiger partial charge in [-0.25, -0.2) is 0 Å². The maximum atomic E-state index is 12.8. The van der Waals surface area contributed by atoms with Crippen molar-refractivity contribution in [3.8, 4) is 0 Å². The van der Waals surface area contributed by atoms with E-state index in [-0.39, 0.29) is 5.91 Å². The molecular formula is C25H20N2O2. The van der Waals surface area contributed by atoms with Crippen LogP contribution in [0.5, 0.6) is 0 Å². The van der Waals surface area contributed by atoms with Crippen molar-refractivity contribution >= 4 is 33.5 Å². The van der Waals surface area contributed by atoms with Crippen molar-refractivity contribution in [1.29, 1.82) is 0 Å².